The van der Waals surface area contributed by atoms with Gasteiger partial charge in [-0.25, -0.2) is 9.37 Å². The SMILES string of the molecule is Cc1cc(N)cc(-c2cnc3n[nH]c(-c4cc5c([nH]4)CC(N)=CC=C5c4ccccc4F)c3c2)c1. The fraction of sp³-hybridized carbons (Fsp3) is 0.0714. The van der Waals surface area contributed by atoms with Gasteiger partial charge in [0.15, 0.2) is 5.65 Å². The van der Waals surface area contributed by atoms with Gasteiger partial charge in [0.2, 0.25) is 0 Å². The Morgan fingerprint density at radius 3 is 2.63 bits per heavy atom. The van der Waals surface area contributed by atoms with Crippen LogP contribution in [0, 0.1) is 12.7 Å². The zero-order valence-corrected chi connectivity index (χ0v) is 19.1. The summed E-state index contributed by atoms with van der Waals surface area (Å²) in [6, 6.07) is 16.8. The Bertz CT molecular complexity index is 1650. The Morgan fingerprint density at radius 2 is 1.80 bits per heavy atom. The summed E-state index contributed by atoms with van der Waals surface area (Å²) in [4.78, 5) is 8.05. The van der Waals surface area contributed by atoms with Crippen molar-refractivity contribution in [3.8, 4) is 22.5 Å². The largest absolute Gasteiger partial charge is 0.402 e. The number of aromatic amines is 2. The van der Waals surface area contributed by atoms with Crippen LogP contribution in [-0.4, -0.2) is 20.2 Å². The number of aromatic nitrogens is 4. The average Bonchev–Trinajstić information content (AvgIpc) is 3.39. The van der Waals surface area contributed by atoms with Gasteiger partial charge in [-0.2, -0.15) is 5.10 Å². The van der Waals surface area contributed by atoms with E-state index in [1.165, 1.54) is 6.07 Å². The number of halogens is 1. The number of pyridine rings is 1. The Hall–Kier alpha value is -4.65. The third-order valence-electron chi connectivity index (χ3n) is 6.31. The normalized spacial score (nSPS) is 13.3. The molecular weight excluding hydrogens is 439 g/mol. The summed E-state index contributed by atoms with van der Waals surface area (Å²) in [6.45, 7) is 2.02. The Kier molecular flexibility index (Phi) is 4.77. The molecule has 0 aliphatic heterocycles. The Balaban J connectivity index is 1.49. The monoisotopic (exact) mass is 462 g/mol. The first-order chi connectivity index (χ1) is 17.0. The zero-order valence-electron chi connectivity index (χ0n) is 19.1. The first kappa shape index (κ1) is 20.9. The summed E-state index contributed by atoms with van der Waals surface area (Å²) >= 11 is 0. The summed E-state index contributed by atoms with van der Waals surface area (Å²) in [7, 11) is 0. The highest BCUT2D eigenvalue weighted by atomic mass is 19.1. The van der Waals surface area contributed by atoms with Gasteiger partial charge < -0.3 is 16.5 Å². The number of rotatable bonds is 3. The third kappa shape index (κ3) is 3.67. The molecule has 35 heavy (non-hydrogen) atoms. The minimum atomic E-state index is -0.278. The molecule has 1 aliphatic carbocycles. The van der Waals surface area contributed by atoms with Crippen molar-refractivity contribution in [3.05, 3.63) is 107 Å². The van der Waals surface area contributed by atoms with E-state index in [-0.39, 0.29) is 5.82 Å². The maximum absolute atomic E-state index is 14.7. The van der Waals surface area contributed by atoms with Crippen LogP contribution in [0.1, 0.15) is 22.4 Å². The van der Waals surface area contributed by atoms with E-state index in [0.717, 1.165) is 50.3 Å². The molecule has 0 radical (unpaired) electrons. The van der Waals surface area contributed by atoms with Gasteiger partial charge >= 0.3 is 0 Å². The van der Waals surface area contributed by atoms with Gasteiger partial charge in [0.1, 0.15) is 5.82 Å². The van der Waals surface area contributed by atoms with Crippen molar-refractivity contribution < 1.29 is 4.39 Å². The second kappa shape index (κ2) is 7.99. The maximum Gasteiger partial charge on any atom is 0.181 e. The summed E-state index contributed by atoms with van der Waals surface area (Å²) in [5.41, 5.74) is 22.1. The smallest absolute Gasteiger partial charge is 0.181 e. The van der Waals surface area contributed by atoms with E-state index < -0.39 is 0 Å². The minimum absolute atomic E-state index is 0.278. The molecule has 3 heterocycles. The summed E-state index contributed by atoms with van der Waals surface area (Å²) in [5, 5.41) is 8.40. The number of nitrogens with zero attached hydrogens (tertiary/aromatic N) is 2. The fourth-order valence-electron chi connectivity index (χ4n) is 4.71. The number of anilines is 1. The third-order valence-corrected chi connectivity index (χ3v) is 6.31. The van der Waals surface area contributed by atoms with Crippen LogP contribution in [0.15, 0.2) is 78.6 Å². The second-order valence-electron chi connectivity index (χ2n) is 8.88. The van der Waals surface area contributed by atoms with E-state index in [1.807, 2.05) is 43.3 Å². The number of H-pyrrole nitrogens is 2. The van der Waals surface area contributed by atoms with Crippen molar-refractivity contribution in [2.45, 2.75) is 13.3 Å². The number of hydrogen-bond acceptors (Lipinski definition) is 4. The van der Waals surface area contributed by atoms with Crippen LogP contribution in [-0.2, 0) is 6.42 Å². The standard InChI is InChI=1S/C28H23FN6/c1-15-8-16(10-19(31)9-15)17-11-23-27(34-35-28(23)32-14-17)26-13-22-20(21-4-2-3-5-24(21)29)7-6-18(30)12-25(22)33-26/h2-11,13-14,33H,12,30-31H2,1H3,(H,32,34,35). The van der Waals surface area contributed by atoms with Gasteiger partial charge in [-0.05, 0) is 60.0 Å². The predicted octanol–water partition coefficient (Wildman–Crippen LogP) is 5.48. The molecule has 0 unspecified atom stereocenters. The first-order valence-corrected chi connectivity index (χ1v) is 11.3. The van der Waals surface area contributed by atoms with Gasteiger partial charge in [0.25, 0.3) is 0 Å². The number of allylic oxidation sites excluding steroid dienone is 3. The quantitative estimate of drug-likeness (QED) is 0.266. The topological polar surface area (TPSA) is 109 Å². The molecule has 0 saturated carbocycles. The lowest BCUT2D eigenvalue weighted by Crippen LogP contribution is -2.01. The second-order valence-corrected chi connectivity index (χ2v) is 8.88. The van der Waals surface area contributed by atoms with Crippen molar-refractivity contribution in [2.24, 2.45) is 5.73 Å². The number of fused-ring (bicyclic) bond motifs is 2. The van der Waals surface area contributed by atoms with Crippen molar-refractivity contribution in [1.29, 1.82) is 0 Å². The van der Waals surface area contributed by atoms with Crippen molar-refractivity contribution in [3.63, 3.8) is 0 Å². The van der Waals surface area contributed by atoms with Gasteiger partial charge in [-0.3, -0.25) is 5.10 Å². The van der Waals surface area contributed by atoms with Crippen LogP contribution in [0.4, 0.5) is 10.1 Å². The molecule has 6 N–H and O–H groups in total. The molecule has 7 heteroatoms. The highest BCUT2D eigenvalue weighted by molar-refractivity contribution is 5.94. The van der Waals surface area contributed by atoms with Crippen LogP contribution < -0.4 is 11.5 Å². The molecule has 1 aliphatic rings. The first-order valence-electron chi connectivity index (χ1n) is 11.3. The van der Waals surface area contributed by atoms with Gasteiger partial charge in [0, 0.05) is 51.8 Å². The molecule has 2 aromatic carbocycles. The lowest BCUT2D eigenvalue weighted by Gasteiger charge is -2.08. The molecule has 172 valence electrons. The highest BCUT2D eigenvalue weighted by Crippen LogP contribution is 2.36. The molecule has 0 spiro atoms. The minimum Gasteiger partial charge on any atom is -0.402 e. The van der Waals surface area contributed by atoms with Crippen LogP contribution in [0.5, 0.6) is 0 Å². The number of hydrogen-bond donors (Lipinski definition) is 4. The molecular formula is C28H23FN6. The van der Waals surface area contributed by atoms with Crippen molar-refractivity contribution in [1.82, 2.24) is 20.2 Å². The van der Waals surface area contributed by atoms with E-state index in [0.29, 0.717) is 29.0 Å². The lowest BCUT2D eigenvalue weighted by molar-refractivity contribution is 0.624. The maximum atomic E-state index is 14.7. The van der Waals surface area contributed by atoms with Crippen LogP contribution in [0.2, 0.25) is 0 Å². The van der Waals surface area contributed by atoms with Crippen LogP contribution >= 0.6 is 0 Å². The van der Waals surface area contributed by atoms with E-state index in [2.05, 4.69) is 32.3 Å². The van der Waals surface area contributed by atoms with Crippen LogP contribution in [0.3, 0.4) is 0 Å². The molecule has 0 saturated heterocycles. The summed E-state index contributed by atoms with van der Waals surface area (Å²) in [5.74, 6) is -0.278. The number of nitrogen functional groups attached to an aromatic ring is 1. The van der Waals surface area contributed by atoms with Crippen molar-refractivity contribution in [2.75, 3.05) is 5.73 Å². The Labute approximate surface area is 201 Å². The van der Waals surface area contributed by atoms with E-state index in [4.69, 9.17) is 11.5 Å². The number of benzene rings is 2. The van der Waals surface area contributed by atoms with Crippen LogP contribution in [0.25, 0.3) is 39.1 Å². The average molecular weight is 463 g/mol. The molecule has 0 amide bonds. The van der Waals surface area contributed by atoms with Gasteiger partial charge in [-0.15, -0.1) is 0 Å². The van der Waals surface area contributed by atoms with Gasteiger partial charge in [0.05, 0.1) is 11.4 Å². The van der Waals surface area contributed by atoms with E-state index in [1.54, 1.807) is 18.3 Å². The fourth-order valence-corrected chi connectivity index (χ4v) is 4.71. The molecule has 0 bridgehead atoms. The van der Waals surface area contributed by atoms with E-state index >= 15 is 0 Å². The Morgan fingerprint density at radius 1 is 0.943 bits per heavy atom. The molecule has 3 aromatic heterocycles. The van der Waals surface area contributed by atoms with Gasteiger partial charge in [-0.1, -0.05) is 30.3 Å². The number of nitrogens with two attached hydrogens (primary N) is 2. The van der Waals surface area contributed by atoms with E-state index in [9.17, 15) is 4.39 Å². The number of aryl methyl sites for hydroxylation is 1. The molecule has 0 fully saturated rings. The number of nitrogens with one attached hydrogen (secondary N) is 2. The highest BCUT2D eigenvalue weighted by Gasteiger charge is 2.21. The summed E-state index contributed by atoms with van der Waals surface area (Å²) in [6.07, 6.45) is 6.05. The zero-order chi connectivity index (χ0) is 24.1. The summed E-state index contributed by atoms with van der Waals surface area (Å²) < 4.78 is 14.7. The molecule has 6 rings (SSSR count). The van der Waals surface area contributed by atoms with Crippen molar-refractivity contribution >= 4 is 22.3 Å². The molecule has 6 nitrogen and oxygen atoms in total. The predicted molar refractivity (Wildman–Crippen MR) is 138 cm³/mol. The molecule has 5 aromatic rings. The molecule has 0 atom stereocenters. The lowest BCUT2D eigenvalue weighted by atomic mass is 9.97.